The van der Waals surface area contributed by atoms with Crippen LogP contribution in [0.5, 0.6) is 0 Å². The first-order chi connectivity index (χ1) is 11.6. The van der Waals surface area contributed by atoms with Crippen molar-refractivity contribution < 1.29 is 24.5 Å². The third-order valence-electron chi connectivity index (χ3n) is 4.05. The van der Waals surface area contributed by atoms with E-state index in [0.29, 0.717) is 6.42 Å². The van der Waals surface area contributed by atoms with Crippen LogP contribution in [-0.2, 0) is 14.3 Å². The van der Waals surface area contributed by atoms with E-state index in [1.165, 1.54) is 51.4 Å². The number of unbranched alkanes of at least 4 members (excludes halogenated alkanes) is 10. The number of carbonyl (C=O) groups is 2. The minimum Gasteiger partial charge on any atom is -0.463 e. The first-order valence-electron chi connectivity index (χ1n) is 9.56. The van der Waals surface area contributed by atoms with Gasteiger partial charge in [-0.25, -0.2) is 0 Å². The molecular weight excluding hydrogens is 308 g/mol. The van der Waals surface area contributed by atoms with Crippen LogP contribution in [0.15, 0.2) is 0 Å². The lowest BCUT2D eigenvalue weighted by Crippen LogP contribution is -2.23. The molecule has 0 aliphatic heterocycles. The third-order valence-corrected chi connectivity index (χ3v) is 4.05. The number of hydrogen-bond donors (Lipinski definition) is 2. The first-order valence-corrected chi connectivity index (χ1v) is 9.56. The maximum Gasteiger partial charge on any atom is 0.313 e. The van der Waals surface area contributed by atoms with Crippen molar-refractivity contribution in [3.8, 4) is 0 Å². The summed E-state index contributed by atoms with van der Waals surface area (Å²) in [6.45, 7) is 1.51. The van der Waals surface area contributed by atoms with Crippen LogP contribution in [0.4, 0.5) is 0 Å². The zero-order valence-corrected chi connectivity index (χ0v) is 15.3. The molecule has 0 amide bonds. The topological polar surface area (TPSA) is 83.8 Å². The van der Waals surface area contributed by atoms with E-state index in [1.807, 2.05) is 0 Å². The molecule has 0 rings (SSSR count). The Balaban J connectivity index is 3.35. The molecule has 0 spiro atoms. The largest absolute Gasteiger partial charge is 0.463 e. The molecule has 0 aliphatic carbocycles. The zero-order chi connectivity index (χ0) is 18.0. The number of rotatable bonds is 17. The van der Waals surface area contributed by atoms with Gasteiger partial charge >= 0.3 is 5.97 Å². The molecule has 0 bridgehead atoms. The van der Waals surface area contributed by atoms with E-state index in [0.717, 1.165) is 19.3 Å². The van der Waals surface area contributed by atoms with Gasteiger partial charge in [0.05, 0.1) is 6.61 Å². The van der Waals surface area contributed by atoms with Crippen LogP contribution >= 0.6 is 0 Å². The van der Waals surface area contributed by atoms with Crippen molar-refractivity contribution in [3.05, 3.63) is 0 Å². The summed E-state index contributed by atoms with van der Waals surface area (Å²) in [6, 6.07) is 0. The Hall–Kier alpha value is -0.940. The molecule has 1 unspecified atom stereocenters. The number of Topliss-reactive ketones (excluding diaryl/α,β-unsaturated/α-hetero) is 1. The Labute approximate surface area is 146 Å². The number of aliphatic hydroxyl groups is 2. The van der Waals surface area contributed by atoms with Crippen molar-refractivity contribution >= 4 is 11.8 Å². The van der Waals surface area contributed by atoms with Crippen molar-refractivity contribution in [2.24, 2.45) is 0 Å². The van der Waals surface area contributed by atoms with Gasteiger partial charge in [0.2, 0.25) is 0 Å². The summed E-state index contributed by atoms with van der Waals surface area (Å²) in [5.41, 5.74) is 0. The molecule has 24 heavy (non-hydrogen) atoms. The predicted molar refractivity (Wildman–Crippen MR) is 94.8 cm³/mol. The van der Waals surface area contributed by atoms with Crippen LogP contribution in [0.3, 0.4) is 0 Å². The van der Waals surface area contributed by atoms with Crippen molar-refractivity contribution in [2.45, 2.75) is 96.5 Å². The molecule has 0 heterocycles. The van der Waals surface area contributed by atoms with Crippen molar-refractivity contribution in [3.63, 3.8) is 0 Å². The second-order valence-electron chi connectivity index (χ2n) is 6.52. The number of esters is 1. The van der Waals surface area contributed by atoms with E-state index < -0.39 is 18.7 Å². The zero-order valence-electron chi connectivity index (χ0n) is 15.3. The number of ether oxygens (including phenoxy) is 1. The number of aliphatic hydroxyl groups excluding tert-OH is 2. The van der Waals surface area contributed by atoms with E-state index in [9.17, 15) is 9.59 Å². The average molecular weight is 344 g/mol. The van der Waals surface area contributed by atoms with Crippen molar-refractivity contribution in [1.29, 1.82) is 0 Å². The molecule has 2 N–H and O–H groups in total. The Bertz CT molecular complexity index is 317. The molecule has 5 heteroatoms. The molecule has 0 saturated heterocycles. The van der Waals surface area contributed by atoms with Gasteiger partial charge in [-0.1, -0.05) is 71.1 Å². The van der Waals surface area contributed by atoms with Crippen LogP contribution in [0.25, 0.3) is 0 Å². The highest BCUT2D eigenvalue weighted by molar-refractivity contribution is 5.95. The van der Waals surface area contributed by atoms with E-state index in [1.54, 1.807) is 0 Å². The summed E-state index contributed by atoms with van der Waals surface area (Å²) in [6.07, 6.45) is 12.6. The highest BCUT2D eigenvalue weighted by atomic mass is 16.5. The molecule has 0 saturated carbocycles. The highest BCUT2D eigenvalue weighted by Gasteiger charge is 2.12. The Morgan fingerprint density at radius 1 is 0.875 bits per heavy atom. The minimum absolute atomic E-state index is 0.116. The Morgan fingerprint density at radius 2 is 1.38 bits per heavy atom. The highest BCUT2D eigenvalue weighted by Crippen LogP contribution is 2.12. The summed E-state index contributed by atoms with van der Waals surface area (Å²) >= 11 is 0. The maximum absolute atomic E-state index is 11.6. The van der Waals surface area contributed by atoms with E-state index in [-0.39, 0.29) is 18.8 Å². The number of carbonyl (C=O) groups excluding carboxylic acids is 2. The van der Waals surface area contributed by atoms with Gasteiger partial charge in [0.15, 0.2) is 0 Å². The fourth-order valence-corrected chi connectivity index (χ4v) is 2.53. The Morgan fingerprint density at radius 3 is 1.88 bits per heavy atom. The second kappa shape index (κ2) is 16.9. The molecule has 0 radical (unpaired) electrons. The van der Waals surface area contributed by atoms with Crippen molar-refractivity contribution in [2.75, 3.05) is 13.2 Å². The van der Waals surface area contributed by atoms with Gasteiger partial charge in [0.1, 0.15) is 24.9 Å². The molecule has 0 aromatic heterocycles. The molecule has 0 aromatic rings. The monoisotopic (exact) mass is 344 g/mol. The standard InChI is InChI=1S/C19H36O5/c1-2-3-4-5-6-7-8-9-10-11-12-13-17(21)14-19(23)24-16-18(22)15-20/h18,20,22H,2-16H2,1H3. The van der Waals surface area contributed by atoms with Crippen LogP contribution in [0.2, 0.25) is 0 Å². The smallest absolute Gasteiger partial charge is 0.313 e. The molecule has 142 valence electrons. The second-order valence-corrected chi connectivity index (χ2v) is 6.52. The maximum atomic E-state index is 11.6. The fraction of sp³-hybridized carbons (Fsp3) is 0.895. The Kier molecular flexibility index (Phi) is 16.2. The lowest BCUT2D eigenvalue weighted by molar-refractivity contribution is -0.149. The van der Waals surface area contributed by atoms with Crippen LogP contribution in [0.1, 0.15) is 90.4 Å². The summed E-state index contributed by atoms with van der Waals surface area (Å²) in [7, 11) is 0. The summed E-state index contributed by atoms with van der Waals surface area (Å²) in [5, 5.41) is 17.6. The van der Waals surface area contributed by atoms with E-state index >= 15 is 0 Å². The van der Waals surface area contributed by atoms with Gasteiger partial charge in [-0.3, -0.25) is 9.59 Å². The third kappa shape index (κ3) is 15.9. The van der Waals surface area contributed by atoms with Gasteiger partial charge in [-0.05, 0) is 6.42 Å². The van der Waals surface area contributed by atoms with Gasteiger partial charge in [-0.15, -0.1) is 0 Å². The summed E-state index contributed by atoms with van der Waals surface area (Å²) in [5.74, 6) is -0.745. The summed E-state index contributed by atoms with van der Waals surface area (Å²) in [4.78, 5) is 23.0. The molecule has 0 aromatic carbocycles. The lowest BCUT2D eigenvalue weighted by atomic mass is 10.0. The van der Waals surface area contributed by atoms with Gasteiger partial charge in [-0.2, -0.15) is 0 Å². The molecule has 1 atom stereocenters. The molecule has 5 nitrogen and oxygen atoms in total. The average Bonchev–Trinajstić information content (AvgIpc) is 2.57. The van der Waals surface area contributed by atoms with Gasteiger partial charge < -0.3 is 14.9 Å². The quantitative estimate of drug-likeness (QED) is 0.239. The number of hydrogen-bond acceptors (Lipinski definition) is 5. The summed E-state index contributed by atoms with van der Waals surface area (Å²) < 4.78 is 4.70. The predicted octanol–water partition coefficient (Wildman–Crippen LogP) is 3.54. The normalized spacial score (nSPS) is 12.1. The van der Waals surface area contributed by atoms with E-state index in [2.05, 4.69) is 6.92 Å². The van der Waals surface area contributed by atoms with Crippen LogP contribution < -0.4 is 0 Å². The number of ketones is 1. The lowest BCUT2D eigenvalue weighted by Gasteiger charge is -2.08. The molecular formula is C19H36O5. The van der Waals surface area contributed by atoms with Gasteiger partial charge in [0.25, 0.3) is 0 Å². The van der Waals surface area contributed by atoms with E-state index in [4.69, 9.17) is 14.9 Å². The molecule has 0 fully saturated rings. The minimum atomic E-state index is -1.07. The van der Waals surface area contributed by atoms with Gasteiger partial charge in [0, 0.05) is 6.42 Å². The van der Waals surface area contributed by atoms with Crippen LogP contribution in [-0.4, -0.2) is 41.3 Å². The van der Waals surface area contributed by atoms with Crippen molar-refractivity contribution in [1.82, 2.24) is 0 Å². The fourth-order valence-electron chi connectivity index (χ4n) is 2.53. The SMILES string of the molecule is CCCCCCCCCCCCCC(=O)CC(=O)OCC(O)CO. The molecule has 0 aliphatic rings. The van der Waals surface area contributed by atoms with Crippen LogP contribution in [0, 0.1) is 0 Å². The first kappa shape index (κ1) is 23.1.